The molecule has 1 fully saturated rings. The Bertz CT molecular complexity index is 624. The van der Waals surface area contributed by atoms with Crippen LogP contribution in [0.1, 0.15) is 10.4 Å². The molecule has 0 aliphatic carbocycles. The molecule has 1 aromatic carbocycles. The van der Waals surface area contributed by atoms with Crippen LogP contribution in [-0.2, 0) is 0 Å². The fraction of sp³-hybridized carbons (Fsp3) is 0.400. The van der Waals surface area contributed by atoms with Gasteiger partial charge in [-0.3, -0.25) is 4.79 Å². The number of carbonyl (C=O) groups excluding carboxylic acids is 1. The minimum absolute atomic E-state index is 0.111. The van der Waals surface area contributed by atoms with Crippen molar-refractivity contribution in [3.63, 3.8) is 0 Å². The molecule has 1 atom stereocenters. The predicted molar refractivity (Wildman–Crippen MR) is 83.2 cm³/mol. The summed E-state index contributed by atoms with van der Waals surface area (Å²) in [7, 11) is 2.07. The van der Waals surface area contributed by atoms with Crippen LogP contribution in [0.3, 0.4) is 0 Å². The van der Waals surface area contributed by atoms with Crippen LogP contribution in [0, 0.1) is 0 Å². The zero-order valence-electron chi connectivity index (χ0n) is 11.6. The van der Waals surface area contributed by atoms with Crippen LogP contribution in [-0.4, -0.2) is 55.0 Å². The highest BCUT2D eigenvalue weighted by atomic mass is 32.1. The Morgan fingerprint density at radius 3 is 3.00 bits per heavy atom. The van der Waals surface area contributed by atoms with Crippen molar-refractivity contribution in [3.05, 3.63) is 35.2 Å². The van der Waals surface area contributed by atoms with Gasteiger partial charge in [0, 0.05) is 41.6 Å². The minimum Gasteiger partial charge on any atom is -0.332 e. The molecule has 3 rings (SSSR count). The first kappa shape index (κ1) is 13.5. The van der Waals surface area contributed by atoms with Crippen LogP contribution >= 0.6 is 11.3 Å². The van der Waals surface area contributed by atoms with E-state index in [1.54, 1.807) is 11.3 Å². The number of fused-ring (bicyclic) bond motifs is 1. The smallest absolute Gasteiger partial charge is 0.255 e. The Morgan fingerprint density at radius 2 is 2.20 bits per heavy atom. The van der Waals surface area contributed by atoms with E-state index in [-0.39, 0.29) is 11.9 Å². The van der Waals surface area contributed by atoms with Crippen LogP contribution in [0.15, 0.2) is 29.6 Å². The number of likely N-dealkylation sites (N-methyl/N-ethyl adjacent to an activating group) is 1. The average molecular weight is 289 g/mol. The van der Waals surface area contributed by atoms with Crippen LogP contribution in [0.5, 0.6) is 0 Å². The molecule has 1 aliphatic heterocycles. The van der Waals surface area contributed by atoms with Crippen molar-refractivity contribution in [2.24, 2.45) is 5.73 Å². The second-order valence-electron chi connectivity index (χ2n) is 5.30. The van der Waals surface area contributed by atoms with Crippen molar-refractivity contribution < 1.29 is 4.79 Å². The lowest BCUT2D eigenvalue weighted by atomic mass is 10.1. The van der Waals surface area contributed by atoms with Gasteiger partial charge in [-0.25, -0.2) is 0 Å². The normalized spacial score (nSPS) is 20.5. The van der Waals surface area contributed by atoms with Gasteiger partial charge >= 0.3 is 0 Å². The quantitative estimate of drug-likeness (QED) is 0.914. The van der Waals surface area contributed by atoms with Gasteiger partial charge in [0.1, 0.15) is 0 Å². The second-order valence-corrected chi connectivity index (χ2v) is 6.21. The molecule has 1 amide bonds. The van der Waals surface area contributed by atoms with Crippen LogP contribution in [0.25, 0.3) is 10.1 Å². The Balaban J connectivity index is 1.91. The Kier molecular flexibility index (Phi) is 3.74. The van der Waals surface area contributed by atoms with E-state index in [1.807, 2.05) is 28.5 Å². The zero-order chi connectivity index (χ0) is 14.1. The second kappa shape index (κ2) is 5.52. The largest absolute Gasteiger partial charge is 0.332 e. The number of thiophene rings is 1. The summed E-state index contributed by atoms with van der Waals surface area (Å²) in [6.07, 6.45) is 0. The van der Waals surface area contributed by atoms with Crippen LogP contribution in [0.4, 0.5) is 0 Å². The molecule has 0 bridgehead atoms. The molecular formula is C15H19N3OS. The highest BCUT2D eigenvalue weighted by molar-refractivity contribution is 7.17. The number of amides is 1. The minimum atomic E-state index is 0.111. The molecule has 2 aromatic rings. The van der Waals surface area contributed by atoms with Crippen molar-refractivity contribution in [3.8, 4) is 0 Å². The summed E-state index contributed by atoms with van der Waals surface area (Å²) < 4.78 is 1.16. The van der Waals surface area contributed by atoms with E-state index in [2.05, 4.69) is 18.0 Å². The lowest BCUT2D eigenvalue weighted by Gasteiger charge is -2.39. The average Bonchev–Trinajstić information content (AvgIpc) is 2.90. The molecule has 1 aliphatic rings. The molecule has 0 spiro atoms. The van der Waals surface area contributed by atoms with E-state index in [0.29, 0.717) is 6.54 Å². The van der Waals surface area contributed by atoms with Gasteiger partial charge in [-0.1, -0.05) is 18.2 Å². The summed E-state index contributed by atoms with van der Waals surface area (Å²) in [5.41, 5.74) is 6.66. The van der Waals surface area contributed by atoms with Crippen molar-refractivity contribution in [2.75, 3.05) is 33.2 Å². The maximum absolute atomic E-state index is 12.8. The van der Waals surface area contributed by atoms with Gasteiger partial charge in [0.05, 0.1) is 11.6 Å². The number of rotatable bonds is 2. The highest BCUT2D eigenvalue weighted by Crippen LogP contribution is 2.27. The van der Waals surface area contributed by atoms with Gasteiger partial charge in [0.2, 0.25) is 0 Å². The fourth-order valence-electron chi connectivity index (χ4n) is 2.78. The number of hydrogen-bond donors (Lipinski definition) is 1. The van der Waals surface area contributed by atoms with Gasteiger partial charge in [-0.2, -0.15) is 0 Å². The SMILES string of the molecule is CN1CCN(C(=O)c2csc3ccccc23)C(CN)C1. The standard InChI is InChI=1S/C15H19N3OS/c1-17-6-7-18(11(8-16)9-17)15(19)13-10-20-14-5-3-2-4-12(13)14/h2-5,10-11H,6-9,16H2,1H3. The van der Waals surface area contributed by atoms with Gasteiger partial charge in [0.15, 0.2) is 0 Å². The summed E-state index contributed by atoms with van der Waals surface area (Å²) in [4.78, 5) is 17.0. The van der Waals surface area contributed by atoms with E-state index < -0.39 is 0 Å². The summed E-state index contributed by atoms with van der Waals surface area (Å²) >= 11 is 1.63. The molecule has 0 radical (unpaired) electrons. The molecule has 0 saturated carbocycles. The number of nitrogens with two attached hydrogens (primary N) is 1. The van der Waals surface area contributed by atoms with E-state index in [1.165, 1.54) is 0 Å². The fourth-order valence-corrected chi connectivity index (χ4v) is 3.71. The number of benzene rings is 1. The third-order valence-corrected chi connectivity index (χ3v) is 4.89. The Hall–Kier alpha value is -1.43. The molecule has 2 heterocycles. The topological polar surface area (TPSA) is 49.6 Å². The zero-order valence-corrected chi connectivity index (χ0v) is 12.4. The lowest BCUT2D eigenvalue weighted by molar-refractivity contribution is 0.0518. The van der Waals surface area contributed by atoms with E-state index in [9.17, 15) is 4.79 Å². The van der Waals surface area contributed by atoms with Gasteiger partial charge < -0.3 is 15.5 Å². The van der Waals surface area contributed by atoms with Crippen LogP contribution in [0.2, 0.25) is 0 Å². The molecule has 4 nitrogen and oxygen atoms in total. The molecule has 20 heavy (non-hydrogen) atoms. The van der Waals surface area contributed by atoms with Gasteiger partial charge in [-0.15, -0.1) is 11.3 Å². The predicted octanol–water partition coefficient (Wildman–Crippen LogP) is 1.62. The summed E-state index contributed by atoms with van der Waals surface area (Å²) in [6.45, 7) is 3.02. The third-order valence-electron chi connectivity index (χ3n) is 3.93. The molecule has 5 heteroatoms. The lowest BCUT2D eigenvalue weighted by Crippen LogP contribution is -2.56. The Morgan fingerprint density at radius 1 is 1.40 bits per heavy atom. The first-order chi connectivity index (χ1) is 9.70. The van der Waals surface area contributed by atoms with E-state index >= 15 is 0 Å². The molecule has 1 aromatic heterocycles. The van der Waals surface area contributed by atoms with Crippen molar-refractivity contribution >= 4 is 27.3 Å². The first-order valence-corrected chi connectivity index (χ1v) is 7.74. The molecule has 1 unspecified atom stereocenters. The monoisotopic (exact) mass is 289 g/mol. The van der Waals surface area contributed by atoms with Crippen molar-refractivity contribution in [1.29, 1.82) is 0 Å². The third kappa shape index (κ3) is 2.32. The molecular weight excluding hydrogens is 270 g/mol. The Labute approximate surface area is 122 Å². The van der Waals surface area contributed by atoms with Crippen molar-refractivity contribution in [2.45, 2.75) is 6.04 Å². The summed E-state index contributed by atoms with van der Waals surface area (Å²) in [6, 6.07) is 8.18. The maximum atomic E-state index is 12.8. The number of carbonyl (C=O) groups is 1. The highest BCUT2D eigenvalue weighted by Gasteiger charge is 2.29. The van der Waals surface area contributed by atoms with E-state index in [4.69, 9.17) is 5.73 Å². The molecule has 1 saturated heterocycles. The van der Waals surface area contributed by atoms with Crippen molar-refractivity contribution in [1.82, 2.24) is 9.80 Å². The number of hydrogen-bond acceptors (Lipinski definition) is 4. The number of piperazine rings is 1. The first-order valence-electron chi connectivity index (χ1n) is 6.86. The number of nitrogens with zero attached hydrogens (tertiary/aromatic N) is 2. The van der Waals surface area contributed by atoms with Gasteiger partial charge in [0.25, 0.3) is 5.91 Å². The molecule has 2 N–H and O–H groups in total. The summed E-state index contributed by atoms with van der Waals surface area (Å²) in [5, 5.41) is 3.02. The molecule has 106 valence electrons. The summed E-state index contributed by atoms with van der Waals surface area (Å²) in [5.74, 6) is 0.117. The maximum Gasteiger partial charge on any atom is 0.255 e. The van der Waals surface area contributed by atoms with Crippen LogP contribution < -0.4 is 5.73 Å². The van der Waals surface area contributed by atoms with Gasteiger partial charge in [-0.05, 0) is 13.1 Å². The van der Waals surface area contributed by atoms with E-state index in [0.717, 1.165) is 35.3 Å².